The predicted molar refractivity (Wildman–Crippen MR) is 218 cm³/mol. The molecular weight excluding hydrogens is 763 g/mol. The Morgan fingerprint density at radius 1 is 0.509 bits per heavy atom. The number of rotatable bonds is 10. The van der Waals surface area contributed by atoms with Crippen molar-refractivity contribution in [2.45, 2.75) is 81.7 Å². The van der Waals surface area contributed by atoms with Crippen LogP contribution < -0.4 is 24.8 Å². The third kappa shape index (κ3) is 6.54. The van der Waals surface area contributed by atoms with Crippen LogP contribution in [0.3, 0.4) is 0 Å². The monoisotopic (exact) mass is 810 g/mol. The average Bonchev–Trinajstić information content (AvgIpc) is 3.69. The van der Waals surface area contributed by atoms with Gasteiger partial charge in [-0.3, -0.25) is 0 Å². The van der Waals surface area contributed by atoms with E-state index in [2.05, 4.69) is 149 Å². The molecule has 2 atom stereocenters. The van der Waals surface area contributed by atoms with E-state index in [1.54, 1.807) is 33.4 Å². The molecule has 53 heavy (non-hydrogen) atoms. The largest absolute Gasteiger partial charge is 1.00 e. The van der Waals surface area contributed by atoms with Crippen molar-refractivity contribution in [3.8, 4) is 22.3 Å². The van der Waals surface area contributed by atoms with Crippen molar-refractivity contribution in [3.05, 3.63) is 154 Å². The van der Waals surface area contributed by atoms with E-state index in [1.807, 2.05) is 0 Å². The molecule has 1 aliphatic heterocycles. The van der Waals surface area contributed by atoms with Gasteiger partial charge in [0.15, 0.2) is 0 Å². The fraction of sp³-hybridized carbons (Fsp3) is 0.280. The molecule has 1 fully saturated rings. The molecule has 0 nitrogen and oxygen atoms in total. The Kier molecular flexibility index (Phi) is 11.1. The van der Waals surface area contributed by atoms with Gasteiger partial charge < -0.3 is 24.8 Å². The second kappa shape index (κ2) is 15.5. The zero-order chi connectivity index (χ0) is 34.7. The van der Waals surface area contributed by atoms with Gasteiger partial charge in [0.1, 0.15) is 0 Å². The Balaban J connectivity index is 0.00000218. The van der Waals surface area contributed by atoms with Crippen LogP contribution in [0.15, 0.2) is 120 Å². The molecule has 2 aliphatic carbocycles. The fourth-order valence-corrected chi connectivity index (χ4v) is 28.1. The fourth-order valence-electron chi connectivity index (χ4n) is 10.1. The van der Waals surface area contributed by atoms with Crippen LogP contribution >= 0.6 is 0 Å². The summed E-state index contributed by atoms with van der Waals surface area (Å²) in [6, 6.07) is 41.7. The van der Waals surface area contributed by atoms with Gasteiger partial charge in [-0.1, -0.05) is 0 Å². The molecule has 0 aromatic heterocycles. The van der Waals surface area contributed by atoms with Crippen LogP contribution in [0.5, 0.6) is 0 Å². The minimum absolute atomic E-state index is 0. The van der Waals surface area contributed by atoms with Crippen LogP contribution in [0.1, 0.15) is 93.0 Å². The van der Waals surface area contributed by atoms with Gasteiger partial charge in [-0.2, -0.15) is 0 Å². The van der Waals surface area contributed by atoms with Gasteiger partial charge >= 0.3 is 312 Å². The van der Waals surface area contributed by atoms with Gasteiger partial charge in [-0.25, -0.2) is 0 Å². The van der Waals surface area contributed by atoms with Crippen molar-refractivity contribution < 1.29 is 45.1 Å². The molecule has 1 heterocycles. The Morgan fingerprint density at radius 2 is 0.925 bits per heavy atom. The van der Waals surface area contributed by atoms with Crippen LogP contribution in [-0.4, -0.2) is 0 Å². The summed E-state index contributed by atoms with van der Waals surface area (Å²) in [5.41, 5.74) is 18.7. The number of hydrogen-bond donors (Lipinski definition) is 0. The Labute approximate surface area is 334 Å². The van der Waals surface area contributed by atoms with Gasteiger partial charge in [0.05, 0.1) is 0 Å². The molecule has 0 radical (unpaired) electrons. The van der Waals surface area contributed by atoms with Gasteiger partial charge in [0, 0.05) is 0 Å². The summed E-state index contributed by atoms with van der Waals surface area (Å²) in [5.74, 6) is 0. The number of unbranched alkanes of at least 4 members (excludes halogenated alkanes) is 2. The Hall–Kier alpha value is -3.22. The normalized spacial score (nSPS) is 17.2. The topological polar surface area (TPSA) is 0 Å². The quantitative estimate of drug-likeness (QED) is 0.130. The Bertz CT molecular complexity index is 2230. The van der Waals surface area contributed by atoms with Crippen molar-refractivity contribution in [2.75, 3.05) is 0 Å². The van der Waals surface area contributed by atoms with Crippen molar-refractivity contribution in [1.82, 2.24) is 0 Å². The first-order valence-corrected chi connectivity index (χ1v) is 26.0. The van der Waals surface area contributed by atoms with Gasteiger partial charge in [0.2, 0.25) is 0 Å². The summed E-state index contributed by atoms with van der Waals surface area (Å²) in [6.45, 7) is 9.59. The van der Waals surface area contributed by atoms with Gasteiger partial charge in [-0.15, -0.1) is 0 Å². The molecular formula is C50H50Cl2Zr. The SMILES string of the molecule is CCCCC1=Cc2c(-c3ccc4ccccc4c3)ccc(C)c2[CH]1[Zr+2]1([CH]2C(CCCC)=Cc3c(-c4ccc5ccccc5c4)ccc(C)c32)[CH2][CH2]1.[Cl-].[Cl-]. The summed E-state index contributed by atoms with van der Waals surface area (Å²) in [6.07, 6.45) is 13.0. The molecule has 0 spiro atoms. The Morgan fingerprint density at radius 3 is 1.32 bits per heavy atom. The molecule has 1 saturated heterocycles. The van der Waals surface area contributed by atoms with Gasteiger partial charge in [-0.05, 0) is 0 Å². The minimum atomic E-state index is -2.91. The predicted octanol–water partition coefficient (Wildman–Crippen LogP) is 8.91. The molecule has 0 amide bonds. The second-order valence-corrected chi connectivity index (χ2v) is 27.2. The summed E-state index contributed by atoms with van der Waals surface area (Å²) < 4.78 is 4.36. The molecule has 2 unspecified atom stereocenters. The zero-order valence-electron chi connectivity index (χ0n) is 31.6. The van der Waals surface area contributed by atoms with E-state index in [1.165, 1.54) is 102 Å². The van der Waals surface area contributed by atoms with E-state index >= 15 is 0 Å². The summed E-state index contributed by atoms with van der Waals surface area (Å²) >= 11 is -2.91. The number of hydrogen-bond acceptors (Lipinski definition) is 0. The molecule has 9 rings (SSSR count). The van der Waals surface area contributed by atoms with E-state index < -0.39 is 20.3 Å². The standard InChI is InChI=1S/2C24H23.C2H4.2ClH.Zr/c2*1-3-4-7-18-14-23-17(2)10-13-22(24(23)15-18)21-12-11-19-8-5-6-9-20(19)16-21;1-2;;;/h2*5-6,8-16H,3-4,7H2,1-2H3;1-2H2;2*1H;/q;;;;;+2/p-2. The maximum Gasteiger partial charge on any atom is -1.00 e. The minimum Gasteiger partial charge on any atom is -1.00 e. The van der Waals surface area contributed by atoms with E-state index in [0.29, 0.717) is 7.25 Å². The van der Waals surface area contributed by atoms with E-state index in [-0.39, 0.29) is 24.8 Å². The molecule has 3 aliphatic rings. The first-order chi connectivity index (χ1) is 25.0. The van der Waals surface area contributed by atoms with Crippen molar-refractivity contribution in [3.63, 3.8) is 0 Å². The van der Waals surface area contributed by atoms with Crippen molar-refractivity contribution in [2.24, 2.45) is 0 Å². The van der Waals surface area contributed by atoms with E-state index in [0.717, 1.165) is 0 Å². The smallest absolute Gasteiger partial charge is 1.00 e. The number of fused-ring (bicyclic) bond motifs is 4. The molecule has 6 aromatic carbocycles. The number of halogens is 2. The molecule has 0 bridgehead atoms. The molecule has 3 heteroatoms. The third-order valence-corrected chi connectivity index (χ3v) is 25.7. The average molecular weight is 813 g/mol. The van der Waals surface area contributed by atoms with Gasteiger partial charge in [0.25, 0.3) is 0 Å². The number of allylic oxidation sites excluding steroid dienone is 2. The first kappa shape index (κ1) is 38.1. The van der Waals surface area contributed by atoms with E-state index in [9.17, 15) is 0 Å². The third-order valence-electron chi connectivity index (χ3n) is 12.7. The number of aryl methyl sites for hydroxylation is 2. The summed E-state index contributed by atoms with van der Waals surface area (Å²) in [5, 5.41) is 5.30. The van der Waals surface area contributed by atoms with Crippen LogP contribution in [0.25, 0.3) is 56.0 Å². The van der Waals surface area contributed by atoms with E-state index in [4.69, 9.17) is 0 Å². The van der Waals surface area contributed by atoms with Crippen LogP contribution in [0.2, 0.25) is 8.26 Å². The molecule has 0 N–H and O–H groups in total. The summed E-state index contributed by atoms with van der Waals surface area (Å²) in [7, 11) is 0. The maximum atomic E-state index is 2.72. The molecule has 0 saturated carbocycles. The number of benzene rings is 6. The van der Waals surface area contributed by atoms with Crippen molar-refractivity contribution in [1.29, 1.82) is 0 Å². The van der Waals surface area contributed by atoms with Crippen LogP contribution in [0.4, 0.5) is 0 Å². The summed E-state index contributed by atoms with van der Waals surface area (Å²) in [4.78, 5) is 0. The second-order valence-electron chi connectivity index (χ2n) is 15.9. The zero-order valence-corrected chi connectivity index (χ0v) is 35.6. The van der Waals surface area contributed by atoms with Crippen LogP contribution in [-0.2, 0) is 20.3 Å². The molecule has 6 aromatic rings. The van der Waals surface area contributed by atoms with Crippen LogP contribution in [0, 0.1) is 13.8 Å². The first-order valence-electron chi connectivity index (χ1n) is 19.7. The molecule has 268 valence electrons. The maximum absolute atomic E-state index is 2.91. The van der Waals surface area contributed by atoms with Crippen molar-refractivity contribution >= 4 is 33.7 Å².